The van der Waals surface area contributed by atoms with Gasteiger partial charge in [-0.1, -0.05) is 48.5 Å². The minimum Gasteiger partial charge on any atom is -0.455 e. The largest absolute Gasteiger partial charge is 0.455 e. The van der Waals surface area contributed by atoms with E-state index in [0.29, 0.717) is 25.9 Å². The minimum atomic E-state index is -0.388. The molecule has 30 heavy (non-hydrogen) atoms. The van der Waals surface area contributed by atoms with Gasteiger partial charge in [0.05, 0.1) is 12.0 Å². The van der Waals surface area contributed by atoms with Gasteiger partial charge in [0.15, 0.2) is 6.61 Å². The lowest BCUT2D eigenvalue weighted by molar-refractivity contribution is -0.154. The predicted octanol–water partition coefficient (Wildman–Crippen LogP) is 3.35. The fraction of sp³-hybridized carbons (Fsp3) is 0.348. The van der Waals surface area contributed by atoms with Crippen LogP contribution in [0.3, 0.4) is 0 Å². The summed E-state index contributed by atoms with van der Waals surface area (Å²) in [5, 5.41) is 5.67. The molecule has 2 aromatic rings. The van der Waals surface area contributed by atoms with Crippen LogP contribution in [0.1, 0.15) is 31.4 Å². The Morgan fingerprint density at radius 3 is 2.23 bits per heavy atom. The van der Waals surface area contributed by atoms with Crippen molar-refractivity contribution in [1.29, 1.82) is 0 Å². The lowest BCUT2D eigenvalue weighted by Gasteiger charge is -2.30. The highest BCUT2D eigenvalue weighted by molar-refractivity contribution is 5.89. The van der Waals surface area contributed by atoms with E-state index in [1.807, 2.05) is 67.6 Å². The first kappa shape index (κ1) is 21.4. The average Bonchev–Trinajstić information content (AvgIpc) is 2.78. The summed E-state index contributed by atoms with van der Waals surface area (Å²) in [7, 11) is 0. The molecule has 158 valence electrons. The Morgan fingerprint density at radius 1 is 1.00 bits per heavy atom. The Kier molecular flexibility index (Phi) is 7.43. The zero-order valence-corrected chi connectivity index (χ0v) is 17.0. The summed E-state index contributed by atoms with van der Waals surface area (Å²) < 4.78 is 5.20. The molecule has 1 heterocycles. The minimum absolute atomic E-state index is 0.163. The van der Waals surface area contributed by atoms with E-state index in [0.717, 1.165) is 11.3 Å². The number of anilines is 1. The third kappa shape index (κ3) is 6.07. The monoisotopic (exact) mass is 409 g/mol. The summed E-state index contributed by atoms with van der Waals surface area (Å²) in [6.45, 7) is 2.52. The van der Waals surface area contributed by atoms with Crippen molar-refractivity contribution < 1.29 is 19.1 Å². The number of nitrogens with one attached hydrogen (secondary N) is 2. The molecule has 3 amide bonds. The number of esters is 1. The number of rotatable bonds is 6. The summed E-state index contributed by atoms with van der Waals surface area (Å²) in [6, 6.07) is 18.5. The van der Waals surface area contributed by atoms with Gasteiger partial charge in [-0.2, -0.15) is 0 Å². The van der Waals surface area contributed by atoms with Crippen LogP contribution in [-0.2, 0) is 14.3 Å². The molecule has 7 heteroatoms. The van der Waals surface area contributed by atoms with E-state index in [1.54, 1.807) is 4.90 Å². The molecule has 0 radical (unpaired) electrons. The summed E-state index contributed by atoms with van der Waals surface area (Å²) >= 11 is 0. The van der Waals surface area contributed by atoms with Gasteiger partial charge in [-0.3, -0.25) is 9.59 Å². The molecule has 0 bridgehead atoms. The Hall–Kier alpha value is -3.35. The number of hydrogen-bond acceptors (Lipinski definition) is 4. The number of carbonyl (C=O) groups excluding carboxylic acids is 3. The van der Waals surface area contributed by atoms with Crippen molar-refractivity contribution in [2.24, 2.45) is 5.92 Å². The van der Waals surface area contributed by atoms with Crippen molar-refractivity contribution in [1.82, 2.24) is 10.2 Å². The molecule has 0 aromatic heterocycles. The molecule has 0 spiro atoms. The molecule has 1 aliphatic heterocycles. The van der Waals surface area contributed by atoms with Gasteiger partial charge in [-0.15, -0.1) is 0 Å². The van der Waals surface area contributed by atoms with Crippen LogP contribution in [0.25, 0.3) is 0 Å². The molecule has 1 fully saturated rings. The zero-order valence-electron chi connectivity index (χ0n) is 17.0. The van der Waals surface area contributed by atoms with Gasteiger partial charge >= 0.3 is 12.0 Å². The molecule has 0 unspecified atom stereocenters. The third-order valence-corrected chi connectivity index (χ3v) is 5.16. The summed E-state index contributed by atoms with van der Waals surface area (Å²) in [4.78, 5) is 38.4. The third-order valence-electron chi connectivity index (χ3n) is 5.16. The fourth-order valence-electron chi connectivity index (χ4n) is 3.41. The summed E-state index contributed by atoms with van der Waals surface area (Å²) in [6.07, 6.45) is 1.03. The summed E-state index contributed by atoms with van der Waals surface area (Å²) in [5.41, 5.74) is 1.72. The van der Waals surface area contributed by atoms with Crippen LogP contribution >= 0.6 is 0 Å². The Labute approximate surface area is 176 Å². The topological polar surface area (TPSA) is 87.7 Å². The highest BCUT2D eigenvalue weighted by Gasteiger charge is 2.28. The maximum Gasteiger partial charge on any atom is 0.321 e. The van der Waals surface area contributed by atoms with Crippen LogP contribution in [0.5, 0.6) is 0 Å². The Bertz CT molecular complexity index is 849. The molecule has 1 saturated heterocycles. The first-order valence-corrected chi connectivity index (χ1v) is 10.1. The van der Waals surface area contributed by atoms with Crippen LogP contribution in [0.2, 0.25) is 0 Å². The lowest BCUT2D eigenvalue weighted by Crippen LogP contribution is -2.43. The number of para-hydroxylation sites is 1. The SMILES string of the molecule is C[C@@H](NC(=O)COC(=O)C1CCN(C(=O)Nc2ccccc2)CC1)c1ccccc1. The van der Waals surface area contributed by atoms with E-state index >= 15 is 0 Å². The lowest BCUT2D eigenvalue weighted by atomic mass is 9.97. The molecule has 2 aromatic carbocycles. The molecular formula is C23H27N3O4. The number of amides is 3. The van der Waals surface area contributed by atoms with Crippen molar-refractivity contribution in [3.63, 3.8) is 0 Å². The van der Waals surface area contributed by atoms with Crippen LogP contribution in [0, 0.1) is 5.92 Å². The van der Waals surface area contributed by atoms with Crippen molar-refractivity contribution in [2.45, 2.75) is 25.8 Å². The van der Waals surface area contributed by atoms with Gasteiger partial charge in [0.25, 0.3) is 5.91 Å². The predicted molar refractivity (Wildman–Crippen MR) is 114 cm³/mol. The molecule has 1 atom stereocenters. The number of urea groups is 1. The first-order valence-electron chi connectivity index (χ1n) is 10.1. The van der Waals surface area contributed by atoms with Gasteiger partial charge < -0.3 is 20.3 Å². The average molecular weight is 409 g/mol. The fourth-order valence-corrected chi connectivity index (χ4v) is 3.41. The molecule has 0 saturated carbocycles. The zero-order chi connectivity index (χ0) is 21.3. The first-order chi connectivity index (χ1) is 14.5. The normalized spacial score (nSPS) is 15.2. The smallest absolute Gasteiger partial charge is 0.321 e. The van der Waals surface area contributed by atoms with Gasteiger partial charge in [-0.25, -0.2) is 4.79 Å². The van der Waals surface area contributed by atoms with Crippen LogP contribution < -0.4 is 10.6 Å². The maximum absolute atomic E-state index is 12.3. The molecule has 1 aliphatic rings. The Morgan fingerprint density at radius 2 is 1.60 bits per heavy atom. The van der Waals surface area contributed by atoms with Crippen molar-refractivity contribution >= 4 is 23.6 Å². The number of carbonyl (C=O) groups is 3. The molecular weight excluding hydrogens is 382 g/mol. The highest BCUT2D eigenvalue weighted by atomic mass is 16.5. The highest BCUT2D eigenvalue weighted by Crippen LogP contribution is 2.20. The maximum atomic E-state index is 12.3. The standard InChI is InChI=1S/C23H27N3O4/c1-17(18-8-4-2-5-9-18)24-21(27)16-30-22(28)19-12-14-26(15-13-19)23(29)25-20-10-6-3-7-11-20/h2-11,17,19H,12-16H2,1H3,(H,24,27)(H,25,29)/t17-/m1/s1. The van der Waals surface area contributed by atoms with E-state index in [1.165, 1.54) is 0 Å². The number of piperidine rings is 1. The van der Waals surface area contributed by atoms with Gasteiger partial charge in [0, 0.05) is 18.8 Å². The number of benzene rings is 2. The number of likely N-dealkylation sites (tertiary alicyclic amines) is 1. The van der Waals surface area contributed by atoms with Gasteiger partial charge in [0.1, 0.15) is 0 Å². The van der Waals surface area contributed by atoms with Gasteiger partial charge in [-0.05, 0) is 37.5 Å². The molecule has 2 N–H and O–H groups in total. The van der Waals surface area contributed by atoms with E-state index in [-0.39, 0.29) is 36.5 Å². The molecule has 7 nitrogen and oxygen atoms in total. The molecule has 0 aliphatic carbocycles. The van der Waals surface area contributed by atoms with Crippen LogP contribution in [0.4, 0.5) is 10.5 Å². The second kappa shape index (κ2) is 10.4. The van der Waals surface area contributed by atoms with E-state index in [2.05, 4.69) is 10.6 Å². The quantitative estimate of drug-likeness (QED) is 0.716. The Balaban J connectivity index is 1.37. The van der Waals surface area contributed by atoms with Crippen LogP contribution in [0.15, 0.2) is 60.7 Å². The number of ether oxygens (including phenoxy) is 1. The van der Waals surface area contributed by atoms with Crippen molar-refractivity contribution in [2.75, 3.05) is 25.0 Å². The van der Waals surface area contributed by atoms with Crippen LogP contribution in [-0.4, -0.2) is 42.5 Å². The second-order valence-corrected chi connectivity index (χ2v) is 7.37. The van der Waals surface area contributed by atoms with E-state index in [9.17, 15) is 14.4 Å². The van der Waals surface area contributed by atoms with E-state index in [4.69, 9.17) is 4.74 Å². The van der Waals surface area contributed by atoms with Crippen molar-refractivity contribution in [3.05, 3.63) is 66.2 Å². The molecule has 3 rings (SSSR count). The number of hydrogen-bond donors (Lipinski definition) is 2. The van der Waals surface area contributed by atoms with Gasteiger partial charge in [0.2, 0.25) is 0 Å². The van der Waals surface area contributed by atoms with Crippen molar-refractivity contribution in [3.8, 4) is 0 Å². The second-order valence-electron chi connectivity index (χ2n) is 7.37. The van der Waals surface area contributed by atoms with E-state index < -0.39 is 0 Å². The number of nitrogens with zero attached hydrogens (tertiary/aromatic N) is 1. The summed E-state index contributed by atoms with van der Waals surface area (Å²) in [5.74, 6) is -1.02.